The van der Waals surface area contributed by atoms with Crippen LogP contribution in [0.2, 0.25) is 0 Å². The van der Waals surface area contributed by atoms with Crippen LogP contribution in [0.5, 0.6) is 0 Å². The summed E-state index contributed by atoms with van der Waals surface area (Å²) in [4.78, 5) is 12.5. The van der Waals surface area contributed by atoms with Crippen molar-refractivity contribution in [2.45, 2.75) is 58.9 Å². The molecule has 0 aliphatic heterocycles. The van der Waals surface area contributed by atoms with E-state index in [4.69, 9.17) is 0 Å². The van der Waals surface area contributed by atoms with E-state index in [2.05, 4.69) is 57.9 Å². The summed E-state index contributed by atoms with van der Waals surface area (Å²) in [5.41, 5.74) is 4.15. The first-order valence-corrected chi connectivity index (χ1v) is 9.08. The van der Waals surface area contributed by atoms with Crippen molar-refractivity contribution in [3.63, 3.8) is 0 Å². The number of nitrogens with zero attached hydrogens (tertiary/aromatic N) is 3. The zero-order valence-electron chi connectivity index (χ0n) is 14.8. The Hall–Kier alpha value is -2.23. The molecule has 3 aromatic rings. The minimum absolute atomic E-state index is 0.839. The second kappa shape index (κ2) is 8.04. The number of rotatable bonds is 8. The van der Waals surface area contributed by atoms with Crippen LogP contribution >= 0.6 is 0 Å². The van der Waals surface area contributed by atoms with Crippen LogP contribution < -0.4 is 4.57 Å². The highest BCUT2D eigenvalue weighted by molar-refractivity contribution is 5.76. The van der Waals surface area contributed by atoms with E-state index in [1.807, 2.05) is 12.3 Å². The van der Waals surface area contributed by atoms with Gasteiger partial charge in [-0.2, -0.15) is 0 Å². The van der Waals surface area contributed by atoms with Gasteiger partial charge in [0, 0.05) is 18.7 Å². The average molecular weight is 323 g/mol. The zero-order chi connectivity index (χ0) is 16.8. The molecule has 4 nitrogen and oxygen atoms in total. The van der Waals surface area contributed by atoms with Crippen LogP contribution in [0.15, 0.2) is 36.8 Å². The molecule has 0 amide bonds. The topological polar surface area (TPSA) is 45.5 Å². The lowest BCUT2D eigenvalue weighted by molar-refractivity contribution is -0.696. The van der Waals surface area contributed by atoms with Gasteiger partial charge in [-0.15, -0.1) is 0 Å². The number of hydrogen-bond donors (Lipinski definition) is 1. The molecular formula is C20H27N4+. The predicted molar refractivity (Wildman–Crippen MR) is 97.6 cm³/mol. The number of fused-ring (bicyclic) bond motifs is 1. The smallest absolute Gasteiger partial charge is 0.194 e. The van der Waals surface area contributed by atoms with Crippen LogP contribution in [0.4, 0.5) is 0 Å². The van der Waals surface area contributed by atoms with Crippen molar-refractivity contribution < 1.29 is 4.57 Å². The van der Waals surface area contributed by atoms with Crippen LogP contribution in [-0.4, -0.2) is 15.0 Å². The number of imidazole rings is 1. The minimum Gasteiger partial charge on any atom is -0.332 e. The number of H-pyrrole nitrogens is 1. The molecule has 0 aromatic carbocycles. The molecule has 0 saturated carbocycles. The number of hydrogen-bond acceptors (Lipinski definition) is 2. The van der Waals surface area contributed by atoms with Crippen LogP contribution in [0, 0.1) is 6.92 Å². The third-order valence-electron chi connectivity index (χ3n) is 4.41. The summed E-state index contributed by atoms with van der Waals surface area (Å²) >= 11 is 0. The van der Waals surface area contributed by atoms with Crippen molar-refractivity contribution >= 4 is 11.0 Å². The normalized spacial score (nSPS) is 11.2. The average Bonchev–Trinajstić information content (AvgIpc) is 3.01. The van der Waals surface area contributed by atoms with Gasteiger partial charge in [0.25, 0.3) is 0 Å². The van der Waals surface area contributed by atoms with Gasteiger partial charge in [0.1, 0.15) is 23.3 Å². The van der Waals surface area contributed by atoms with Crippen molar-refractivity contribution in [3.05, 3.63) is 42.4 Å². The SMILES string of the molecule is CCCCCCCC[n+]1ccc2nc(-c3cc(C)ccn3)[nH]c2c1. The van der Waals surface area contributed by atoms with E-state index in [1.165, 1.54) is 44.1 Å². The first kappa shape index (κ1) is 16.6. The summed E-state index contributed by atoms with van der Waals surface area (Å²) in [5.74, 6) is 0.839. The van der Waals surface area contributed by atoms with Gasteiger partial charge in [0.15, 0.2) is 18.2 Å². The van der Waals surface area contributed by atoms with Gasteiger partial charge in [-0.1, -0.05) is 32.6 Å². The van der Waals surface area contributed by atoms with Crippen LogP contribution in [0.3, 0.4) is 0 Å². The van der Waals surface area contributed by atoms with Crippen molar-refractivity contribution in [1.82, 2.24) is 15.0 Å². The maximum Gasteiger partial charge on any atom is 0.194 e. The van der Waals surface area contributed by atoms with E-state index >= 15 is 0 Å². The lowest BCUT2D eigenvalue weighted by atomic mass is 10.1. The predicted octanol–water partition coefficient (Wildman–Crippen LogP) is 4.58. The Bertz CT molecular complexity index is 791. The highest BCUT2D eigenvalue weighted by atomic mass is 15.0. The Kier molecular flexibility index (Phi) is 5.57. The summed E-state index contributed by atoms with van der Waals surface area (Å²) in [6.07, 6.45) is 14.1. The van der Waals surface area contributed by atoms with E-state index in [-0.39, 0.29) is 0 Å². The molecule has 4 heteroatoms. The monoisotopic (exact) mass is 323 g/mol. The molecule has 0 radical (unpaired) electrons. The number of aryl methyl sites for hydroxylation is 2. The molecule has 3 heterocycles. The Labute approximate surface area is 144 Å². The molecule has 0 spiro atoms. The van der Waals surface area contributed by atoms with Gasteiger partial charge < -0.3 is 4.98 Å². The van der Waals surface area contributed by atoms with Gasteiger partial charge in [0.05, 0.1) is 0 Å². The molecular weight excluding hydrogens is 296 g/mol. The van der Waals surface area contributed by atoms with E-state index in [0.717, 1.165) is 29.1 Å². The largest absolute Gasteiger partial charge is 0.332 e. The standard InChI is InChI=1S/C20H26N4/c1-3-4-5-6-7-8-12-24-13-10-17-19(15-24)23-20(22-17)18-14-16(2)9-11-21-18/h9-11,13-15H,3-8,12H2,1-2H3/p+1. The molecule has 0 bridgehead atoms. The van der Waals surface area contributed by atoms with Crippen LogP contribution in [0.25, 0.3) is 22.6 Å². The fraction of sp³-hybridized carbons (Fsp3) is 0.450. The molecule has 0 atom stereocenters. The summed E-state index contributed by atoms with van der Waals surface area (Å²) in [5, 5.41) is 0. The summed E-state index contributed by atoms with van der Waals surface area (Å²) in [7, 11) is 0. The summed E-state index contributed by atoms with van der Waals surface area (Å²) < 4.78 is 2.26. The Morgan fingerprint density at radius 2 is 1.92 bits per heavy atom. The fourth-order valence-corrected chi connectivity index (χ4v) is 3.00. The lowest BCUT2D eigenvalue weighted by Gasteiger charge is -1.98. The van der Waals surface area contributed by atoms with E-state index in [0.29, 0.717) is 0 Å². The fourth-order valence-electron chi connectivity index (χ4n) is 3.00. The summed E-state index contributed by atoms with van der Waals surface area (Å²) in [6, 6.07) is 6.14. The number of unbranched alkanes of at least 4 members (excludes halogenated alkanes) is 5. The minimum atomic E-state index is 0.839. The highest BCUT2D eigenvalue weighted by Gasteiger charge is 2.10. The van der Waals surface area contributed by atoms with E-state index in [1.54, 1.807) is 0 Å². The molecule has 0 unspecified atom stereocenters. The quantitative estimate of drug-likeness (QED) is 0.487. The highest BCUT2D eigenvalue weighted by Crippen LogP contribution is 2.18. The zero-order valence-corrected chi connectivity index (χ0v) is 14.8. The third kappa shape index (κ3) is 4.19. The van der Waals surface area contributed by atoms with Crippen molar-refractivity contribution in [2.24, 2.45) is 0 Å². The van der Waals surface area contributed by atoms with Gasteiger partial charge in [0.2, 0.25) is 0 Å². The molecule has 0 saturated heterocycles. The molecule has 1 N–H and O–H groups in total. The molecule has 0 fully saturated rings. The first-order valence-electron chi connectivity index (χ1n) is 9.08. The van der Waals surface area contributed by atoms with Gasteiger partial charge >= 0.3 is 0 Å². The molecule has 126 valence electrons. The Balaban J connectivity index is 1.66. The van der Waals surface area contributed by atoms with Crippen molar-refractivity contribution in [3.8, 4) is 11.5 Å². The Morgan fingerprint density at radius 3 is 2.75 bits per heavy atom. The molecule has 3 aromatic heterocycles. The van der Waals surface area contributed by atoms with Crippen LogP contribution in [-0.2, 0) is 6.54 Å². The first-order chi connectivity index (χ1) is 11.8. The molecule has 0 aliphatic rings. The van der Waals surface area contributed by atoms with Gasteiger partial charge in [-0.25, -0.2) is 9.55 Å². The van der Waals surface area contributed by atoms with Crippen molar-refractivity contribution in [2.75, 3.05) is 0 Å². The van der Waals surface area contributed by atoms with E-state index < -0.39 is 0 Å². The van der Waals surface area contributed by atoms with Gasteiger partial charge in [-0.05, 0) is 31.0 Å². The number of aromatic nitrogens is 4. The number of aromatic amines is 1. The number of pyridine rings is 2. The summed E-state index contributed by atoms with van der Waals surface area (Å²) in [6.45, 7) is 5.40. The molecule has 3 rings (SSSR count). The maximum absolute atomic E-state index is 4.66. The lowest BCUT2D eigenvalue weighted by Crippen LogP contribution is -2.32. The maximum atomic E-state index is 4.66. The second-order valence-electron chi connectivity index (χ2n) is 6.55. The number of nitrogens with one attached hydrogen (secondary N) is 1. The Morgan fingerprint density at radius 1 is 1.08 bits per heavy atom. The van der Waals surface area contributed by atoms with E-state index in [9.17, 15) is 0 Å². The molecule has 0 aliphatic carbocycles. The third-order valence-corrected chi connectivity index (χ3v) is 4.41. The molecule has 24 heavy (non-hydrogen) atoms. The van der Waals surface area contributed by atoms with Crippen LogP contribution in [0.1, 0.15) is 51.0 Å². The second-order valence-corrected chi connectivity index (χ2v) is 6.55. The van der Waals surface area contributed by atoms with Crippen molar-refractivity contribution in [1.29, 1.82) is 0 Å². The van der Waals surface area contributed by atoms with Gasteiger partial charge in [-0.3, -0.25) is 4.98 Å².